The molecule has 2 aromatic heterocycles. The van der Waals surface area contributed by atoms with E-state index in [-0.39, 0.29) is 11.8 Å². The average molecular weight is 473 g/mol. The summed E-state index contributed by atoms with van der Waals surface area (Å²) >= 11 is 5.88. The molecule has 0 spiro atoms. The lowest BCUT2D eigenvalue weighted by atomic mass is 10.1. The maximum absolute atomic E-state index is 12.5. The summed E-state index contributed by atoms with van der Waals surface area (Å²) < 4.78 is 1.72. The van der Waals surface area contributed by atoms with Crippen molar-refractivity contribution in [3.05, 3.63) is 113 Å². The van der Waals surface area contributed by atoms with Crippen LogP contribution in [0.3, 0.4) is 0 Å². The van der Waals surface area contributed by atoms with Crippen molar-refractivity contribution in [2.75, 3.05) is 5.32 Å². The summed E-state index contributed by atoms with van der Waals surface area (Å²) in [5, 5.41) is 11.7. The van der Waals surface area contributed by atoms with Gasteiger partial charge in [0.15, 0.2) is 0 Å². The highest BCUT2D eigenvalue weighted by Crippen LogP contribution is 2.13. The molecule has 0 aliphatic rings. The molecule has 9 heteroatoms. The van der Waals surface area contributed by atoms with Crippen LogP contribution in [-0.2, 0) is 6.54 Å². The first-order chi connectivity index (χ1) is 16.5. The summed E-state index contributed by atoms with van der Waals surface area (Å²) in [6.07, 6.45) is 6.45. The number of carbonyl (C=O) groups is 2. The maximum atomic E-state index is 12.5. The Bertz CT molecular complexity index is 1320. The van der Waals surface area contributed by atoms with Crippen LogP contribution in [0.2, 0.25) is 5.02 Å². The lowest BCUT2D eigenvalue weighted by Crippen LogP contribution is -2.19. The van der Waals surface area contributed by atoms with Crippen molar-refractivity contribution in [3.63, 3.8) is 0 Å². The molecule has 0 atom stereocenters. The normalized spacial score (nSPS) is 11.2. The molecular weight excluding hydrogens is 452 g/mol. The highest BCUT2D eigenvalue weighted by Gasteiger charge is 2.08. The summed E-state index contributed by atoms with van der Waals surface area (Å²) in [6, 6.07) is 17.7. The van der Waals surface area contributed by atoms with Crippen molar-refractivity contribution in [1.82, 2.24) is 20.2 Å². The van der Waals surface area contributed by atoms with Gasteiger partial charge in [-0.05, 0) is 54.4 Å². The first kappa shape index (κ1) is 22.9. The molecule has 0 aliphatic heterocycles. The second-order valence-corrected chi connectivity index (χ2v) is 7.89. The van der Waals surface area contributed by atoms with Crippen LogP contribution >= 0.6 is 11.6 Å². The van der Waals surface area contributed by atoms with E-state index in [1.54, 1.807) is 72.8 Å². The fraction of sp³-hybridized carbons (Fsp3) is 0.0800. The molecule has 2 aromatic carbocycles. The summed E-state index contributed by atoms with van der Waals surface area (Å²) in [4.78, 5) is 28.6. The maximum Gasteiger partial charge on any atom is 0.271 e. The first-order valence-electron chi connectivity index (χ1n) is 10.4. The molecule has 0 saturated carbocycles. The number of halogens is 1. The minimum absolute atomic E-state index is 0.216. The van der Waals surface area contributed by atoms with Crippen LogP contribution in [0.1, 0.15) is 38.8 Å². The number of nitrogens with zero attached hydrogens (tertiary/aromatic N) is 4. The van der Waals surface area contributed by atoms with E-state index in [4.69, 9.17) is 11.6 Å². The number of aromatic nitrogens is 3. The van der Waals surface area contributed by atoms with Gasteiger partial charge in [0.2, 0.25) is 0 Å². The molecule has 2 N–H and O–H groups in total. The van der Waals surface area contributed by atoms with E-state index in [0.717, 1.165) is 11.1 Å². The Labute approximate surface area is 201 Å². The van der Waals surface area contributed by atoms with Crippen molar-refractivity contribution in [2.24, 2.45) is 5.10 Å². The number of hydrogen-bond donors (Lipinski definition) is 2. The van der Waals surface area contributed by atoms with Crippen molar-refractivity contribution >= 4 is 34.8 Å². The molecule has 0 fully saturated rings. The van der Waals surface area contributed by atoms with Crippen molar-refractivity contribution in [3.8, 4) is 0 Å². The Kier molecular flexibility index (Phi) is 7.10. The first-order valence-corrected chi connectivity index (χ1v) is 10.8. The number of pyridine rings is 1. The summed E-state index contributed by atoms with van der Waals surface area (Å²) in [5.74, 6) is -0.526. The van der Waals surface area contributed by atoms with Crippen LogP contribution in [0.5, 0.6) is 0 Å². The predicted molar refractivity (Wildman–Crippen MR) is 131 cm³/mol. The number of rotatable bonds is 7. The number of amides is 2. The molecule has 170 valence electrons. The Balaban J connectivity index is 1.33. The third-order valence-corrected chi connectivity index (χ3v) is 5.19. The molecule has 4 rings (SSSR count). The van der Waals surface area contributed by atoms with Crippen LogP contribution < -0.4 is 10.7 Å². The largest absolute Gasteiger partial charge is 0.322 e. The predicted octanol–water partition coefficient (Wildman–Crippen LogP) is 4.39. The number of anilines is 1. The van der Waals surface area contributed by atoms with Gasteiger partial charge in [0.1, 0.15) is 0 Å². The lowest BCUT2D eigenvalue weighted by Gasteiger charge is -2.07. The minimum atomic E-state index is -0.311. The molecule has 0 saturated heterocycles. The lowest BCUT2D eigenvalue weighted by molar-refractivity contribution is 0.0954. The number of nitrogens with one attached hydrogen (secondary N) is 2. The van der Waals surface area contributed by atoms with Crippen molar-refractivity contribution in [1.29, 1.82) is 0 Å². The van der Waals surface area contributed by atoms with Crippen LogP contribution in [0.4, 0.5) is 5.69 Å². The molecule has 4 aromatic rings. The fourth-order valence-electron chi connectivity index (χ4n) is 3.14. The summed E-state index contributed by atoms with van der Waals surface area (Å²) in [6.45, 7) is 2.36. The molecule has 2 heterocycles. The Morgan fingerprint density at radius 1 is 0.912 bits per heavy atom. The highest BCUT2D eigenvalue weighted by molar-refractivity contribution is 6.30. The topological polar surface area (TPSA) is 101 Å². The SMILES string of the molecule is CC(=NNC(=O)c1ccc(Cn2cc(Cl)cn2)cc1)c1ccc(NC(=O)c2ccncc2)cc1. The molecule has 0 radical (unpaired) electrons. The minimum Gasteiger partial charge on any atom is -0.322 e. The third kappa shape index (κ3) is 5.93. The number of hydrazone groups is 1. The van der Waals surface area contributed by atoms with Gasteiger partial charge < -0.3 is 5.32 Å². The Morgan fingerprint density at radius 3 is 2.21 bits per heavy atom. The van der Waals surface area contributed by atoms with Gasteiger partial charge in [0, 0.05) is 35.4 Å². The van der Waals surface area contributed by atoms with Gasteiger partial charge in [0.05, 0.1) is 23.5 Å². The average Bonchev–Trinajstić information content (AvgIpc) is 3.28. The molecule has 0 aliphatic carbocycles. The summed E-state index contributed by atoms with van der Waals surface area (Å²) in [5.41, 5.74) is 6.69. The van der Waals surface area contributed by atoms with Crippen LogP contribution in [0.25, 0.3) is 0 Å². The zero-order chi connectivity index (χ0) is 23.9. The second kappa shape index (κ2) is 10.5. The molecular formula is C25H21ClN6O2. The molecule has 8 nitrogen and oxygen atoms in total. The standard InChI is InChI=1S/C25H21ClN6O2/c1-17(19-6-8-23(9-7-19)29-24(33)21-10-12-27-13-11-21)30-31-25(34)20-4-2-18(3-5-20)15-32-16-22(26)14-28-32/h2-14,16H,15H2,1H3,(H,29,33)(H,31,34). The van der Waals surface area contributed by atoms with E-state index in [1.165, 1.54) is 0 Å². The van der Waals surface area contributed by atoms with E-state index in [0.29, 0.717) is 34.1 Å². The van der Waals surface area contributed by atoms with Gasteiger partial charge >= 0.3 is 0 Å². The van der Waals surface area contributed by atoms with Crippen LogP contribution in [-0.4, -0.2) is 32.3 Å². The van der Waals surface area contributed by atoms with E-state index < -0.39 is 0 Å². The van der Waals surface area contributed by atoms with Crippen LogP contribution in [0, 0.1) is 0 Å². The van der Waals surface area contributed by atoms with Crippen molar-refractivity contribution < 1.29 is 9.59 Å². The molecule has 34 heavy (non-hydrogen) atoms. The van der Waals surface area contributed by atoms with Gasteiger partial charge in [0.25, 0.3) is 11.8 Å². The monoisotopic (exact) mass is 472 g/mol. The number of carbonyl (C=O) groups excluding carboxylic acids is 2. The zero-order valence-corrected chi connectivity index (χ0v) is 19.0. The second-order valence-electron chi connectivity index (χ2n) is 7.46. The molecule has 2 amide bonds. The van der Waals surface area contributed by atoms with Gasteiger partial charge in [-0.15, -0.1) is 0 Å². The van der Waals surface area contributed by atoms with Crippen LogP contribution in [0.15, 0.2) is 90.6 Å². The Morgan fingerprint density at radius 2 is 1.56 bits per heavy atom. The van der Waals surface area contributed by atoms with Gasteiger partial charge in [-0.2, -0.15) is 10.2 Å². The number of hydrogen-bond acceptors (Lipinski definition) is 5. The van der Waals surface area contributed by atoms with E-state index >= 15 is 0 Å². The van der Waals surface area contributed by atoms with Gasteiger partial charge in [-0.25, -0.2) is 5.43 Å². The smallest absolute Gasteiger partial charge is 0.271 e. The quantitative estimate of drug-likeness (QED) is 0.307. The number of benzene rings is 2. The Hall–Kier alpha value is -4.30. The van der Waals surface area contributed by atoms with E-state index in [2.05, 4.69) is 25.9 Å². The molecule has 0 unspecified atom stereocenters. The summed E-state index contributed by atoms with van der Waals surface area (Å²) in [7, 11) is 0. The molecule has 0 bridgehead atoms. The van der Waals surface area contributed by atoms with Gasteiger partial charge in [-0.1, -0.05) is 35.9 Å². The van der Waals surface area contributed by atoms with Gasteiger partial charge in [-0.3, -0.25) is 19.3 Å². The highest BCUT2D eigenvalue weighted by atomic mass is 35.5. The van der Waals surface area contributed by atoms with E-state index in [9.17, 15) is 9.59 Å². The zero-order valence-electron chi connectivity index (χ0n) is 18.3. The van der Waals surface area contributed by atoms with Crippen molar-refractivity contribution in [2.45, 2.75) is 13.5 Å². The fourth-order valence-corrected chi connectivity index (χ4v) is 3.29. The third-order valence-electron chi connectivity index (χ3n) is 4.99. The van der Waals surface area contributed by atoms with E-state index in [1.807, 2.05) is 24.3 Å².